The Kier molecular flexibility index (Phi) is 1.94. The van der Waals surface area contributed by atoms with Crippen molar-refractivity contribution in [3.05, 3.63) is 29.8 Å². The van der Waals surface area contributed by atoms with Crippen molar-refractivity contribution >= 4 is 0 Å². The molecule has 0 amide bonds. The Morgan fingerprint density at radius 2 is 2.10 bits per heavy atom. The van der Waals surface area contributed by atoms with Gasteiger partial charge in [-0.1, -0.05) is 0 Å². The van der Waals surface area contributed by atoms with E-state index in [0.29, 0.717) is 0 Å². The second kappa shape index (κ2) is 2.72. The van der Waals surface area contributed by atoms with E-state index in [0.717, 1.165) is 12.3 Å². The molecule has 3 nitrogen and oxygen atoms in total. The van der Waals surface area contributed by atoms with E-state index in [9.17, 15) is 4.39 Å². The molecule has 0 aromatic carbocycles. The lowest BCUT2D eigenvalue weighted by atomic mass is 10.3. The smallest absolute Gasteiger partial charge is 0.212 e. The molecule has 0 aliphatic heterocycles. The summed E-state index contributed by atoms with van der Waals surface area (Å²) >= 11 is 0. The summed E-state index contributed by atoms with van der Waals surface area (Å²) in [5.74, 6) is -0.635. The highest BCUT2D eigenvalue weighted by Gasteiger charge is 2.01. The highest BCUT2D eigenvalue weighted by molar-refractivity contribution is 5.09. The van der Waals surface area contributed by atoms with Crippen LogP contribution in [0.15, 0.2) is 18.3 Å². The van der Waals surface area contributed by atoms with Gasteiger partial charge in [-0.25, -0.2) is 4.98 Å². The van der Waals surface area contributed by atoms with Crippen molar-refractivity contribution in [2.45, 2.75) is 6.29 Å². The molecular formula is C6H6FNO2. The van der Waals surface area contributed by atoms with Gasteiger partial charge in [0.15, 0.2) is 6.29 Å². The van der Waals surface area contributed by atoms with Gasteiger partial charge in [0.2, 0.25) is 5.95 Å². The molecule has 1 rings (SSSR count). The van der Waals surface area contributed by atoms with E-state index in [4.69, 9.17) is 10.2 Å². The van der Waals surface area contributed by atoms with E-state index in [1.165, 1.54) is 6.07 Å². The SMILES string of the molecule is OC(O)c1ccc(F)nc1. The Hall–Kier alpha value is -1.00. The van der Waals surface area contributed by atoms with E-state index in [1.807, 2.05) is 0 Å². The van der Waals surface area contributed by atoms with Gasteiger partial charge in [-0.2, -0.15) is 4.39 Å². The van der Waals surface area contributed by atoms with Gasteiger partial charge in [0.25, 0.3) is 0 Å². The van der Waals surface area contributed by atoms with Gasteiger partial charge in [-0.05, 0) is 12.1 Å². The molecule has 4 heteroatoms. The fourth-order valence-corrected chi connectivity index (χ4v) is 0.540. The summed E-state index contributed by atoms with van der Waals surface area (Å²) in [5.41, 5.74) is 0.182. The molecule has 0 saturated heterocycles. The van der Waals surface area contributed by atoms with Crippen molar-refractivity contribution in [3.8, 4) is 0 Å². The molecular weight excluding hydrogens is 137 g/mol. The maximum absolute atomic E-state index is 12.1. The summed E-state index contributed by atoms with van der Waals surface area (Å²) in [6, 6.07) is 2.32. The van der Waals surface area contributed by atoms with Crippen LogP contribution in [0.25, 0.3) is 0 Å². The minimum atomic E-state index is -1.58. The van der Waals surface area contributed by atoms with Gasteiger partial charge in [0.1, 0.15) is 0 Å². The summed E-state index contributed by atoms with van der Waals surface area (Å²) in [6.07, 6.45) is -0.506. The molecule has 0 radical (unpaired) electrons. The molecule has 54 valence electrons. The number of aromatic nitrogens is 1. The summed E-state index contributed by atoms with van der Waals surface area (Å²) in [7, 11) is 0. The predicted octanol–water partition coefficient (Wildman–Crippen LogP) is 0.204. The first-order valence-electron chi connectivity index (χ1n) is 2.68. The van der Waals surface area contributed by atoms with Crippen LogP contribution in [0.4, 0.5) is 4.39 Å². The quantitative estimate of drug-likeness (QED) is 0.436. The van der Waals surface area contributed by atoms with Crippen LogP contribution in [0.3, 0.4) is 0 Å². The zero-order valence-electron chi connectivity index (χ0n) is 5.03. The van der Waals surface area contributed by atoms with Crippen molar-refractivity contribution in [2.75, 3.05) is 0 Å². The van der Waals surface area contributed by atoms with Gasteiger partial charge in [0, 0.05) is 11.8 Å². The van der Waals surface area contributed by atoms with Gasteiger partial charge >= 0.3 is 0 Å². The fourth-order valence-electron chi connectivity index (χ4n) is 0.540. The summed E-state index contributed by atoms with van der Waals surface area (Å²) in [4.78, 5) is 3.21. The van der Waals surface area contributed by atoms with E-state index in [-0.39, 0.29) is 5.56 Å². The zero-order chi connectivity index (χ0) is 7.56. The van der Waals surface area contributed by atoms with Gasteiger partial charge in [0.05, 0.1) is 0 Å². The predicted molar refractivity (Wildman–Crippen MR) is 31.4 cm³/mol. The van der Waals surface area contributed by atoms with Crippen molar-refractivity contribution in [2.24, 2.45) is 0 Å². The Morgan fingerprint density at radius 1 is 1.40 bits per heavy atom. The molecule has 0 aliphatic rings. The molecule has 0 fully saturated rings. The van der Waals surface area contributed by atoms with Crippen LogP contribution in [-0.4, -0.2) is 15.2 Å². The monoisotopic (exact) mass is 143 g/mol. The van der Waals surface area contributed by atoms with Crippen LogP contribution >= 0.6 is 0 Å². The van der Waals surface area contributed by atoms with Gasteiger partial charge in [-0.15, -0.1) is 0 Å². The minimum Gasteiger partial charge on any atom is -0.364 e. The van der Waals surface area contributed by atoms with E-state index >= 15 is 0 Å². The molecule has 0 aliphatic carbocycles. The maximum Gasteiger partial charge on any atom is 0.212 e. The highest BCUT2D eigenvalue weighted by atomic mass is 19.1. The molecule has 1 aromatic heterocycles. The van der Waals surface area contributed by atoms with Crippen LogP contribution in [0.5, 0.6) is 0 Å². The molecule has 0 unspecified atom stereocenters. The number of halogens is 1. The van der Waals surface area contributed by atoms with E-state index in [1.54, 1.807) is 0 Å². The number of nitrogens with zero attached hydrogens (tertiary/aromatic N) is 1. The Morgan fingerprint density at radius 3 is 2.50 bits per heavy atom. The number of pyridine rings is 1. The molecule has 0 spiro atoms. The van der Waals surface area contributed by atoms with E-state index in [2.05, 4.69) is 4.98 Å². The van der Waals surface area contributed by atoms with E-state index < -0.39 is 12.2 Å². The van der Waals surface area contributed by atoms with Crippen LogP contribution in [0, 0.1) is 5.95 Å². The van der Waals surface area contributed by atoms with Crippen LogP contribution in [0.1, 0.15) is 11.9 Å². The molecule has 0 atom stereocenters. The Balaban J connectivity index is 2.89. The average molecular weight is 143 g/mol. The molecule has 1 aromatic rings. The van der Waals surface area contributed by atoms with Crippen LogP contribution < -0.4 is 0 Å². The topological polar surface area (TPSA) is 53.4 Å². The highest BCUT2D eigenvalue weighted by Crippen LogP contribution is 2.06. The standard InChI is InChI=1S/C6H6FNO2/c7-5-2-1-4(3-8-5)6(9)10/h1-3,6,9-10H. The lowest BCUT2D eigenvalue weighted by molar-refractivity contribution is -0.0427. The summed E-state index contributed by atoms with van der Waals surface area (Å²) in [5, 5.41) is 17.0. The van der Waals surface area contributed by atoms with Gasteiger partial charge in [-0.3, -0.25) is 0 Å². The minimum absolute atomic E-state index is 0.182. The maximum atomic E-state index is 12.1. The van der Waals surface area contributed by atoms with Crippen LogP contribution in [-0.2, 0) is 0 Å². The Labute approximate surface area is 56.8 Å². The largest absolute Gasteiger partial charge is 0.364 e. The molecule has 0 bridgehead atoms. The third-order valence-corrected chi connectivity index (χ3v) is 1.05. The van der Waals surface area contributed by atoms with Crippen molar-refractivity contribution in [1.29, 1.82) is 0 Å². The van der Waals surface area contributed by atoms with Crippen LogP contribution in [0.2, 0.25) is 0 Å². The normalized spacial score (nSPS) is 10.4. The van der Waals surface area contributed by atoms with Crippen molar-refractivity contribution in [1.82, 2.24) is 4.98 Å². The van der Waals surface area contributed by atoms with Crippen molar-refractivity contribution < 1.29 is 14.6 Å². The fraction of sp³-hybridized carbons (Fsp3) is 0.167. The third kappa shape index (κ3) is 1.49. The molecule has 0 saturated carbocycles. The molecule has 2 N–H and O–H groups in total. The second-order valence-electron chi connectivity index (χ2n) is 1.79. The lowest BCUT2D eigenvalue weighted by Gasteiger charge is -2.00. The first-order valence-corrected chi connectivity index (χ1v) is 2.68. The summed E-state index contributed by atoms with van der Waals surface area (Å²) < 4.78 is 12.1. The van der Waals surface area contributed by atoms with Gasteiger partial charge < -0.3 is 10.2 Å². The number of aliphatic hydroxyl groups is 2. The van der Waals surface area contributed by atoms with Crippen molar-refractivity contribution in [3.63, 3.8) is 0 Å². The number of aliphatic hydroxyl groups excluding tert-OH is 1. The number of hydrogen-bond donors (Lipinski definition) is 2. The third-order valence-electron chi connectivity index (χ3n) is 1.05. The first-order chi connectivity index (χ1) is 4.70. The number of rotatable bonds is 1. The average Bonchev–Trinajstić information content (AvgIpc) is 1.88. The lowest BCUT2D eigenvalue weighted by Crippen LogP contribution is -1.95. The molecule has 10 heavy (non-hydrogen) atoms. The Bertz CT molecular complexity index is 209. The number of hydrogen-bond acceptors (Lipinski definition) is 3. The first kappa shape index (κ1) is 7.11. The molecule has 1 heterocycles. The zero-order valence-corrected chi connectivity index (χ0v) is 5.03. The second-order valence-corrected chi connectivity index (χ2v) is 1.79. The summed E-state index contributed by atoms with van der Waals surface area (Å²) in [6.45, 7) is 0.